The van der Waals surface area contributed by atoms with Crippen LogP contribution in [0.5, 0.6) is 0 Å². The van der Waals surface area contributed by atoms with Crippen molar-refractivity contribution < 1.29 is 4.74 Å². The van der Waals surface area contributed by atoms with Gasteiger partial charge in [-0.1, -0.05) is 23.1 Å². The van der Waals surface area contributed by atoms with E-state index in [4.69, 9.17) is 4.74 Å². The Balaban J connectivity index is 1.90. The lowest BCUT2D eigenvalue weighted by molar-refractivity contribution is 0.348. The fourth-order valence-corrected chi connectivity index (χ4v) is 2.69. The molecule has 14 heavy (non-hydrogen) atoms. The molecule has 0 spiro atoms. The standard InChI is InChI=1S/C8H13N3OS2/c1-8(4-12-8)5-13-7-10-9-6(14-7)11(2)3/h4-5H2,1-3H3. The van der Waals surface area contributed by atoms with Crippen LogP contribution in [0.2, 0.25) is 0 Å². The third-order valence-corrected chi connectivity index (χ3v) is 4.49. The van der Waals surface area contributed by atoms with E-state index in [1.807, 2.05) is 19.0 Å². The van der Waals surface area contributed by atoms with E-state index in [1.54, 1.807) is 23.1 Å². The van der Waals surface area contributed by atoms with Gasteiger partial charge >= 0.3 is 0 Å². The molecule has 1 aliphatic rings. The first-order chi connectivity index (χ1) is 6.59. The summed E-state index contributed by atoms with van der Waals surface area (Å²) in [7, 11) is 3.94. The first-order valence-electron chi connectivity index (χ1n) is 4.37. The second-order valence-corrected chi connectivity index (χ2v) is 5.95. The van der Waals surface area contributed by atoms with Crippen molar-refractivity contribution in [3.63, 3.8) is 0 Å². The second kappa shape index (κ2) is 3.67. The first kappa shape index (κ1) is 10.2. The third-order valence-electron chi connectivity index (χ3n) is 1.92. The number of epoxide rings is 1. The van der Waals surface area contributed by atoms with Crippen LogP contribution in [0, 0.1) is 0 Å². The van der Waals surface area contributed by atoms with Gasteiger partial charge in [-0.2, -0.15) is 0 Å². The van der Waals surface area contributed by atoms with Gasteiger partial charge in [-0.25, -0.2) is 0 Å². The maximum absolute atomic E-state index is 5.30. The number of ether oxygens (including phenoxy) is 1. The molecular formula is C8H13N3OS2. The highest BCUT2D eigenvalue weighted by atomic mass is 32.2. The minimum Gasteiger partial charge on any atom is -0.369 e. The van der Waals surface area contributed by atoms with Crippen LogP contribution in [0.3, 0.4) is 0 Å². The maximum Gasteiger partial charge on any atom is 0.208 e. The summed E-state index contributed by atoms with van der Waals surface area (Å²) in [6.07, 6.45) is 0. The third kappa shape index (κ3) is 2.37. The number of aromatic nitrogens is 2. The molecule has 1 atom stereocenters. The van der Waals surface area contributed by atoms with Crippen molar-refractivity contribution in [2.75, 3.05) is 31.4 Å². The van der Waals surface area contributed by atoms with Crippen molar-refractivity contribution >= 4 is 28.2 Å². The quantitative estimate of drug-likeness (QED) is 0.580. The average molecular weight is 231 g/mol. The Bertz CT molecular complexity index is 322. The zero-order chi connectivity index (χ0) is 10.2. The van der Waals surface area contributed by atoms with Gasteiger partial charge in [0.2, 0.25) is 5.13 Å². The predicted octanol–water partition coefficient (Wildman–Crippen LogP) is 1.49. The van der Waals surface area contributed by atoms with Crippen molar-refractivity contribution in [3.8, 4) is 0 Å². The molecule has 0 aliphatic carbocycles. The fourth-order valence-electron chi connectivity index (χ4n) is 0.863. The monoisotopic (exact) mass is 231 g/mol. The van der Waals surface area contributed by atoms with E-state index in [0.717, 1.165) is 21.8 Å². The Morgan fingerprint density at radius 2 is 2.29 bits per heavy atom. The summed E-state index contributed by atoms with van der Waals surface area (Å²) in [4.78, 5) is 1.97. The van der Waals surface area contributed by atoms with Gasteiger partial charge in [-0.15, -0.1) is 10.2 Å². The summed E-state index contributed by atoms with van der Waals surface area (Å²) in [5.41, 5.74) is 0.0919. The zero-order valence-corrected chi connectivity index (χ0v) is 10.1. The molecule has 4 nitrogen and oxygen atoms in total. The van der Waals surface area contributed by atoms with Gasteiger partial charge in [-0.05, 0) is 6.92 Å². The number of anilines is 1. The number of hydrogen-bond donors (Lipinski definition) is 0. The highest BCUT2D eigenvalue weighted by Gasteiger charge is 2.39. The van der Waals surface area contributed by atoms with Crippen LogP contribution in [0.25, 0.3) is 0 Å². The largest absolute Gasteiger partial charge is 0.369 e. The Hall–Kier alpha value is -0.330. The summed E-state index contributed by atoms with van der Waals surface area (Å²) in [6.45, 7) is 2.99. The molecule has 0 N–H and O–H groups in total. The van der Waals surface area contributed by atoms with Gasteiger partial charge < -0.3 is 9.64 Å². The molecule has 1 aliphatic heterocycles. The lowest BCUT2D eigenvalue weighted by Gasteiger charge is -2.04. The molecule has 1 aromatic heterocycles. The molecule has 1 aromatic rings. The molecule has 2 rings (SSSR count). The van der Waals surface area contributed by atoms with Gasteiger partial charge in [0, 0.05) is 19.8 Å². The predicted molar refractivity (Wildman–Crippen MR) is 59.3 cm³/mol. The Kier molecular flexibility index (Phi) is 2.68. The molecule has 78 valence electrons. The molecule has 0 saturated carbocycles. The van der Waals surface area contributed by atoms with Crippen LogP contribution in [0.4, 0.5) is 5.13 Å². The van der Waals surface area contributed by atoms with Gasteiger partial charge in [0.05, 0.1) is 12.2 Å². The summed E-state index contributed by atoms with van der Waals surface area (Å²) >= 11 is 3.34. The number of rotatable bonds is 4. The van der Waals surface area contributed by atoms with Gasteiger partial charge in [0.25, 0.3) is 0 Å². The van der Waals surface area contributed by atoms with Gasteiger partial charge in [0.1, 0.15) is 0 Å². The molecule has 0 bridgehead atoms. The normalized spacial score (nSPS) is 25.1. The van der Waals surface area contributed by atoms with E-state index in [9.17, 15) is 0 Å². The highest BCUT2D eigenvalue weighted by molar-refractivity contribution is 8.01. The van der Waals surface area contributed by atoms with E-state index in [2.05, 4.69) is 17.1 Å². The van der Waals surface area contributed by atoms with Crippen molar-refractivity contribution in [2.45, 2.75) is 16.9 Å². The molecule has 2 heterocycles. The summed E-state index contributed by atoms with van der Waals surface area (Å²) < 4.78 is 6.32. The molecule has 0 amide bonds. The zero-order valence-electron chi connectivity index (χ0n) is 8.48. The summed E-state index contributed by atoms with van der Waals surface area (Å²) in [5, 5.41) is 9.13. The van der Waals surface area contributed by atoms with Crippen LogP contribution in [-0.2, 0) is 4.74 Å². The van der Waals surface area contributed by atoms with Crippen molar-refractivity contribution in [3.05, 3.63) is 0 Å². The van der Waals surface area contributed by atoms with Crippen molar-refractivity contribution in [1.82, 2.24) is 10.2 Å². The minimum atomic E-state index is 0.0919. The lowest BCUT2D eigenvalue weighted by atomic mass is 10.3. The van der Waals surface area contributed by atoms with E-state index in [-0.39, 0.29) is 5.60 Å². The molecule has 6 heteroatoms. The maximum atomic E-state index is 5.30. The van der Waals surface area contributed by atoms with Gasteiger partial charge in [-0.3, -0.25) is 0 Å². The fraction of sp³-hybridized carbons (Fsp3) is 0.750. The number of thioether (sulfide) groups is 1. The molecule has 0 radical (unpaired) electrons. The smallest absolute Gasteiger partial charge is 0.208 e. The average Bonchev–Trinajstić information content (AvgIpc) is 2.68. The first-order valence-corrected chi connectivity index (χ1v) is 6.17. The molecule has 1 saturated heterocycles. The SMILES string of the molecule is CN(C)c1nnc(SCC2(C)CO2)s1. The molecule has 1 fully saturated rings. The number of nitrogens with zero attached hydrogens (tertiary/aromatic N) is 3. The Morgan fingerprint density at radius 1 is 1.57 bits per heavy atom. The van der Waals surface area contributed by atoms with Gasteiger partial charge in [0.15, 0.2) is 4.34 Å². The van der Waals surface area contributed by atoms with Crippen molar-refractivity contribution in [2.24, 2.45) is 0 Å². The van der Waals surface area contributed by atoms with E-state index >= 15 is 0 Å². The van der Waals surface area contributed by atoms with E-state index < -0.39 is 0 Å². The van der Waals surface area contributed by atoms with Crippen LogP contribution >= 0.6 is 23.1 Å². The van der Waals surface area contributed by atoms with Crippen LogP contribution in [-0.4, -0.2) is 42.3 Å². The van der Waals surface area contributed by atoms with Crippen LogP contribution in [0.1, 0.15) is 6.92 Å². The number of hydrogen-bond acceptors (Lipinski definition) is 6. The Morgan fingerprint density at radius 3 is 2.79 bits per heavy atom. The molecule has 1 unspecified atom stereocenters. The summed E-state index contributed by atoms with van der Waals surface area (Å²) in [6, 6.07) is 0. The topological polar surface area (TPSA) is 41.6 Å². The molecular weight excluding hydrogens is 218 g/mol. The van der Waals surface area contributed by atoms with E-state index in [0.29, 0.717) is 0 Å². The molecule has 0 aromatic carbocycles. The summed E-state index contributed by atoms with van der Waals surface area (Å²) in [5.74, 6) is 0.967. The van der Waals surface area contributed by atoms with Crippen LogP contribution < -0.4 is 4.90 Å². The lowest BCUT2D eigenvalue weighted by Crippen LogP contribution is -2.07. The second-order valence-electron chi connectivity index (χ2n) is 3.77. The Labute approximate surface area is 91.7 Å². The van der Waals surface area contributed by atoms with E-state index in [1.165, 1.54) is 0 Å². The highest BCUT2D eigenvalue weighted by Crippen LogP contribution is 2.35. The minimum absolute atomic E-state index is 0.0919. The van der Waals surface area contributed by atoms with Crippen molar-refractivity contribution in [1.29, 1.82) is 0 Å². The van der Waals surface area contributed by atoms with Crippen LogP contribution in [0.15, 0.2) is 4.34 Å².